The van der Waals surface area contributed by atoms with Gasteiger partial charge in [0.15, 0.2) is 5.82 Å². The third-order valence-corrected chi connectivity index (χ3v) is 5.50. The molecule has 2 unspecified atom stereocenters. The zero-order valence-electron chi connectivity index (χ0n) is 15.2. The molecule has 2 atom stereocenters. The molecule has 0 radical (unpaired) electrons. The molecule has 1 saturated heterocycles. The number of piperidine rings is 1. The van der Waals surface area contributed by atoms with Gasteiger partial charge in [0.25, 0.3) is 0 Å². The quantitative estimate of drug-likeness (QED) is 0.782. The summed E-state index contributed by atoms with van der Waals surface area (Å²) in [6.45, 7) is 6.07. The predicted octanol–water partition coefficient (Wildman–Crippen LogP) is 3.73. The number of methoxy groups -OCH3 is 1. The summed E-state index contributed by atoms with van der Waals surface area (Å²) in [6, 6.07) is 5.32. The van der Waals surface area contributed by atoms with Crippen molar-refractivity contribution in [2.24, 2.45) is 11.8 Å². The number of likely N-dealkylation sites (tertiary alicyclic amines) is 1. The first-order valence-corrected chi connectivity index (χ1v) is 9.99. The molecule has 0 spiro atoms. The summed E-state index contributed by atoms with van der Waals surface area (Å²) in [4.78, 5) is 18.9. The van der Waals surface area contributed by atoms with E-state index in [2.05, 4.69) is 29.0 Å². The van der Waals surface area contributed by atoms with E-state index in [1.54, 1.807) is 25.3 Å². The molecule has 1 fully saturated rings. The smallest absolute Gasteiger partial charge is 0.233 e. The summed E-state index contributed by atoms with van der Waals surface area (Å²) in [6.07, 6.45) is 1.18. The third kappa shape index (κ3) is 4.51. The van der Waals surface area contributed by atoms with E-state index in [-0.39, 0.29) is 5.91 Å². The number of halogens is 1. The molecule has 1 N–H and O–H groups in total. The number of hydrogen-bond donors (Lipinski definition) is 1. The number of amides is 1. The fraction of sp³-hybridized carbons (Fsp3) is 0.500. The van der Waals surface area contributed by atoms with Crippen LogP contribution in [0.25, 0.3) is 11.4 Å². The SMILES string of the molecule is COc1ccc(Cl)cc1-c1nc(SCC(=O)N2CC(C)CC(C)C2)n[nH]1. The van der Waals surface area contributed by atoms with Gasteiger partial charge in [0, 0.05) is 18.1 Å². The zero-order chi connectivity index (χ0) is 18.7. The standard InChI is InChI=1S/C18H23ClN4O2S/c1-11-6-12(2)9-23(8-11)16(24)10-26-18-20-17(21-22-18)14-7-13(19)4-5-15(14)25-3/h4-5,7,11-12H,6,8-10H2,1-3H3,(H,20,21,22). The molecule has 0 saturated carbocycles. The normalized spacial score (nSPS) is 20.2. The number of nitrogens with one attached hydrogen (secondary N) is 1. The molecule has 0 aliphatic carbocycles. The molecule has 1 aliphatic rings. The van der Waals surface area contributed by atoms with Crippen molar-refractivity contribution in [2.45, 2.75) is 25.4 Å². The fourth-order valence-corrected chi connectivity index (χ4v) is 4.25. The molecule has 1 amide bonds. The summed E-state index contributed by atoms with van der Waals surface area (Å²) < 4.78 is 5.35. The summed E-state index contributed by atoms with van der Waals surface area (Å²) in [5, 5.41) is 8.23. The molecule has 2 heterocycles. The van der Waals surface area contributed by atoms with Gasteiger partial charge in [0.2, 0.25) is 11.1 Å². The van der Waals surface area contributed by atoms with Gasteiger partial charge in [-0.1, -0.05) is 37.2 Å². The Hall–Kier alpha value is -1.73. The van der Waals surface area contributed by atoms with Crippen LogP contribution in [0.1, 0.15) is 20.3 Å². The number of nitrogens with zero attached hydrogens (tertiary/aromatic N) is 3. The second-order valence-electron chi connectivity index (χ2n) is 6.84. The minimum absolute atomic E-state index is 0.139. The van der Waals surface area contributed by atoms with E-state index in [4.69, 9.17) is 16.3 Å². The summed E-state index contributed by atoms with van der Waals surface area (Å²) in [5.41, 5.74) is 0.740. The lowest BCUT2D eigenvalue weighted by molar-refractivity contribution is -0.130. The van der Waals surface area contributed by atoms with E-state index in [1.165, 1.54) is 18.2 Å². The van der Waals surface area contributed by atoms with Crippen LogP contribution < -0.4 is 4.74 Å². The number of carbonyl (C=O) groups excluding carboxylic acids is 1. The lowest BCUT2D eigenvalue weighted by Gasteiger charge is -2.34. The minimum Gasteiger partial charge on any atom is -0.496 e. The Bertz CT molecular complexity index is 772. The molecular weight excluding hydrogens is 372 g/mol. The number of benzene rings is 1. The summed E-state index contributed by atoms with van der Waals surface area (Å²) in [7, 11) is 1.60. The Morgan fingerprint density at radius 2 is 2.12 bits per heavy atom. The van der Waals surface area contributed by atoms with E-state index in [0.717, 1.165) is 18.7 Å². The monoisotopic (exact) mass is 394 g/mol. The Labute approximate surface area is 162 Å². The highest BCUT2D eigenvalue weighted by molar-refractivity contribution is 7.99. The second kappa shape index (κ2) is 8.31. The molecule has 1 aromatic heterocycles. The molecule has 0 bridgehead atoms. The van der Waals surface area contributed by atoms with Gasteiger partial charge in [-0.15, -0.1) is 5.10 Å². The van der Waals surface area contributed by atoms with E-state index in [1.807, 2.05) is 4.90 Å². The number of carbonyl (C=O) groups is 1. The van der Waals surface area contributed by atoms with Crippen LogP contribution in [-0.2, 0) is 4.79 Å². The van der Waals surface area contributed by atoms with Gasteiger partial charge in [-0.05, 0) is 36.5 Å². The second-order valence-corrected chi connectivity index (χ2v) is 8.22. The fourth-order valence-electron chi connectivity index (χ4n) is 3.38. The number of aromatic nitrogens is 3. The number of ether oxygens (including phenoxy) is 1. The van der Waals surface area contributed by atoms with Gasteiger partial charge in [0.05, 0.1) is 18.4 Å². The third-order valence-electron chi connectivity index (χ3n) is 4.43. The van der Waals surface area contributed by atoms with E-state index in [9.17, 15) is 4.79 Å². The lowest BCUT2D eigenvalue weighted by Crippen LogP contribution is -2.43. The maximum Gasteiger partial charge on any atom is 0.233 e. The van der Waals surface area contributed by atoms with E-state index in [0.29, 0.717) is 39.3 Å². The van der Waals surface area contributed by atoms with Gasteiger partial charge >= 0.3 is 0 Å². The van der Waals surface area contributed by atoms with Crippen molar-refractivity contribution in [1.29, 1.82) is 0 Å². The van der Waals surface area contributed by atoms with E-state index >= 15 is 0 Å². The van der Waals surface area contributed by atoms with Crippen molar-refractivity contribution >= 4 is 29.3 Å². The molecular formula is C18H23ClN4O2S. The Kier molecular flexibility index (Phi) is 6.09. The van der Waals surface area contributed by atoms with Gasteiger partial charge in [-0.25, -0.2) is 4.98 Å². The van der Waals surface area contributed by atoms with E-state index < -0.39 is 0 Å². The molecule has 26 heavy (non-hydrogen) atoms. The Morgan fingerprint density at radius 1 is 1.38 bits per heavy atom. The molecule has 140 valence electrons. The van der Waals surface area contributed by atoms with Crippen LogP contribution >= 0.6 is 23.4 Å². The topological polar surface area (TPSA) is 71.1 Å². The van der Waals surface area contributed by atoms with Crippen molar-refractivity contribution in [2.75, 3.05) is 26.0 Å². The highest BCUT2D eigenvalue weighted by atomic mass is 35.5. The molecule has 1 aromatic carbocycles. The minimum atomic E-state index is 0.139. The average molecular weight is 395 g/mol. The maximum absolute atomic E-state index is 12.5. The summed E-state index contributed by atoms with van der Waals surface area (Å²) in [5.74, 6) is 2.81. The molecule has 8 heteroatoms. The van der Waals surface area contributed by atoms with Gasteiger partial charge in [-0.3, -0.25) is 9.89 Å². The Balaban J connectivity index is 1.64. The first-order chi connectivity index (χ1) is 12.5. The predicted molar refractivity (Wildman–Crippen MR) is 104 cm³/mol. The average Bonchev–Trinajstić information content (AvgIpc) is 3.07. The summed E-state index contributed by atoms with van der Waals surface area (Å²) >= 11 is 7.41. The van der Waals surface area contributed by atoms with Crippen LogP contribution in [0.5, 0.6) is 5.75 Å². The highest BCUT2D eigenvalue weighted by Gasteiger charge is 2.25. The highest BCUT2D eigenvalue weighted by Crippen LogP contribution is 2.31. The largest absolute Gasteiger partial charge is 0.496 e. The van der Waals surface area contributed by atoms with Crippen LogP contribution in [0, 0.1) is 11.8 Å². The molecule has 2 aromatic rings. The van der Waals surface area contributed by atoms with Crippen molar-refractivity contribution in [3.8, 4) is 17.1 Å². The maximum atomic E-state index is 12.5. The Morgan fingerprint density at radius 3 is 2.81 bits per heavy atom. The first-order valence-electron chi connectivity index (χ1n) is 8.63. The van der Waals surface area contributed by atoms with Gasteiger partial charge < -0.3 is 9.64 Å². The first kappa shape index (κ1) is 19.0. The van der Waals surface area contributed by atoms with Crippen molar-refractivity contribution in [1.82, 2.24) is 20.1 Å². The van der Waals surface area contributed by atoms with Gasteiger partial charge in [-0.2, -0.15) is 0 Å². The van der Waals surface area contributed by atoms with Crippen molar-refractivity contribution in [3.05, 3.63) is 23.2 Å². The zero-order valence-corrected chi connectivity index (χ0v) is 16.7. The molecule has 3 rings (SSSR count). The lowest BCUT2D eigenvalue weighted by atomic mass is 9.92. The number of aromatic amines is 1. The molecule has 1 aliphatic heterocycles. The number of H-pyrrole nitrogens is 1. The van der Waals surface area contributed by atoms with Gasteiger partial charge in [0.1, 0.15) is 5.75 Å². The van der Waals surface area contributed by atoms with Crippen LogP contribution in [0.4, 0.5) is 0 Å². The number of hydrogen-bond acceptors (Lipinski definition) is 5. The van der Waals surface area contributed by atoms with Crippen LogP contribution in [0.2, 0.25) is 5.02 Å². The van der Waals surface area contributed by atoms with Crippen LogP contribution in [0.15, 0.2) is 23.4 Å². The van der Waals surface area contributed by atoms with Crippen molar-refractivity contribution in [3.63, 3.8) is 0 Å². The van der Waals surface area contributed by atoms with Crippen LogP contribution in [-0.4, -0.2) is 51.9 Å². The van der Waals surface area contributed by atoms with Crippen molar-refractivity contribution < 1.29 is 9.53 Å². The molecule has 6 nitrogen and oxygen atoms in total. The number of rotatable bonds is 5. The van der Waals surface area contributed by atoms with Crippen LogP contribution in [0.3, 0.4) is 0 Å². The number of thioether (sulfide) groups is 1.